The molecule has 3 unspecified atom stereocenters. The lowest BCUT2D eigenvalue weighted by Crippen LogP contribution is -2.33. The van der Waals surface area contributed by atoms with Crippen LogP contribution in [0.25, 0.3) is 0 Å². The summed E-state index contributed by atoms with van der Waals surface area (Å²) in [4.78, 5) is 12.2. The van der Waals surface area contributed by atoms with E-state index < -0.39 is 11.6 Å². The topological polar surface area (TPSA) is 41.1 Å². The van der Waals surface area contributed by atoms with E-state index in [0.29, 0.717) is 6.04 Å². The van der Waals surface area contributed by atoms with Gasteiger partial charge in [-0.3, -0.25) is 4.79 Å². The molecule has 6 heteroatoms. The minimum absolute atomic E-state index is 0.00849. The number of fused-ring (bicyclic) bond motifs is 2. The number of anilines is 1. The van der Waals surface area contributed by atoms with Crippen molar-refractivity contribution in [2.45, 2.75) is 31.3 Å². The Labute approximate surface area is 117 Å². The number of amides is 1. The van der Waals surface area contributed by atoms with Crippen LogP contribution in [-0.2, 0) is 4.79 Å². The van der Waals surface area contributed by atoms with E-state index in [1.54, 1.807) is 0 Å². The highest BCUT2D eigenvalue weighted by Crippen LogP contribution is 2.35. The third-order valence-corrected chi connectivity index (χ3v) is 4.52. The molecular formula is C13H13BrF2N2O. The number of halogens is 3. The lowest BCUT2D eigenvalue weighted by Gasteiger charge is -2.20. The third kappa shape index (κ3) is 2.39. The van der Waals surface area contributed by atoms with Gasteiger partial charge in [-0.15, -0.1) is 0 Å². The van der Waals surface area contributed by atoms with Crippen LogP contribution in [0.5, 0.6) is 0 Å². The molecule has 2 N–H and O–H groups in total. The zero-order chi connectivity index (χ0) is 13.6. The second-order valence-electron chi connectivity index (χ2n) is 5.12. The van der Waals surface area contributed by atoms with E-state index in [2.05, 4.69) is 26.6 Å². The van der Waals surface area contributed by atoms with Crippen molar-refractivity contribution in [3.8, 4) is 0 Å². The van der Waals surface area contributed by atoms with Crippen LogP contribution >= 0.6 is 15.9 Å². The Bertz CT molecular complexity index is 514. The van der Waals surface area contributed by atoms with Gasteiger partial charge >= 0.3 is 0 Å². The maximum Gasteiger partial charge on any atom is 0.229 e. The van der Waals surface area contributed by atoms with E-state index in [-0.39, 0.29) is 28.0 Å². The monoisotopic (exact) mass is 330 g/mol. The van der Waals surface area contributed by atoms with E-state index in [9.17, 15) is 13.6 Å². The molecule has 2 fully saturated rings. The average Bonchev–Trinajstić information content (AvgIpc) is 2.95. The van der Waals surface area contributed by atoms with Crippen molar-refractivity contribution in [2.75, 3.05) is 5.32 Å². The number of rotatable bonds is 2. The molecule has 102 valence electrons. The number of carbonyl (C=O) groups excluding carboxylic acids is 1. The van der Waals surface area contributed by atoms with Crippen molar-refractivity contribution in [3.05, 3.63) is 28.2 Å². The van der Waals surface area contributed by atoms with E-state index in [0.717, 1.165) is 31.4 Å². The molecule has 3 nitrogen and oxygen atoms in total. The van der Waals surface area contributed by atoms with Gasteiger partial charge in [0.25, 0.3) is 0 Å². The molecule has 2 aliphatic rings. The second-order valence-corrected chi connectivity index (χ2v) is 5.98. The van der Waals surface area contributed by atoms with Crippen molar-refractivity contribution >= 4 is 27.5 Å². The molecule has 0 aliphatic carbocycles. The molecule has 2 bridgehead atoms. The lowest BCUT2D eigenvalue weighted by atomic mass is 9.88. The molecule has 0 radical (unpaired) electrons. The molecule has 0 aromatic heterocycles. The van der Waals surface area contributed by atoms with Crippen LogP contribution < -0.4 is 10.6 Å². The average molecular weight is 331 g/mol. The summed E-state index contributed by atoms with van der Waals surface area (Å²) in [5.74, 6) is -1.78. The van der Waals surface area contributed by atoms with Crippen molar-refractivity contribution in [2.24, 2.45) is 5.92 Å². The number of hydrogen-bond acceptors (Lipinski definition) is 2. The lowest BCUT2D eigenvalue weighted by molar-refractivity contribution is -0.120. The van der Waals surface area contributed by atoms with Crippen molar-refractivity contribution in [3.63, 3.8) is 0 Å². The first-order chi connectivity index (χ1) is 9.04. The van der Waals surface area contributed by atoms with Gasteiger partial charge in [0, 0.05) is 22.6 Å². The molecule has 0 spiro atoms. The smallest absolute Gasteiger partial charge is 0.229 e. The first-order valence-electron chi connectivity index (χ1n) is 6.26. The predicted octanol–water partition coefficient (Wildman–Crippen LogP) is 2.81. The fourth-order valence-corrected chi connectivity index (χ4v) is 3.50. The zero-order valence-corrected chi connectivity index (χ0v) is 11.6. The van der Waals surface area contributed by atoms with Crippen molar-refractivity contribution in [1.29, 1.82) is 0 Å². The molecule has 19 heavy (non-hydrogen) atoms. The zero-order valence-electron chi connectivity index (χ0n) is 10.1. The Morgan fingerprint density at radius 3 is 2.74 bits per heavy atom. The Morgan fingerprint density at radius 1 is 1.37 bits per heavy atom. The highest BCUT2D eigenvalue weighted by Gasteiger charge is 2.42. The van der Waals surface area contributed by atoms with Crippen molar-refractivity contribution < 1.29 is 13.6 Å². The van der Waals surface area contributed by atoms with E-state index in [4.69, 9.17) is 0 Å². The summed E-state index contributed by atoms with van der Waals surface area (Å²) in [5.41, 5.74) is 0.00849. The van der Waals surface area contributed by atoms with Crippen LogP contribution in [-0.4, -0.2) is 18.0 Å². The highest BCUT2D eigenvalue weighted by atomic mass is 79.9. The van der Waals surface area contributed by atoms with Gasteiger partial charge in [0.15, 0.2) is 5.82 Å². The van der Waals surface area contributed by atoms with E-state index in [1.165, 1.54) is 0 Å². The summed E-state index contributed by atoms with van der Waals surface area (Å²) < 4.78 is 26.8. The fraction of sp³-hybridized carbons (Fsp3) is 0.462. The quantitative estimate of drug-likeness (QED) is 0.875. The molecular weight excluding hydrogens is 318 g/mol. The normalized spacial score (nSPS) is 28.7. The summed E-state index contributed by atoms with van der Waals surface area (Å²) in [6.07, 6.45) is 2.87. The van der Waals surface area contributed by atoms with E-state index >= 15 is 0 Å². The van der Waals surface area contributed by atoms with Gasteiger partial charge in [-0.25, -0.2) is 8.78 Å². The molecule has 2 saturated heterocycles. The van der Waals surface area contributed by atoms with Crippen LogP contribution in [0.1, 0.15) is 19.3 Å². The Hall–Kier alpha value is -1.01. The van der Waals surface area contributed by atoms with Crippen LogP contribution in [0.3, 0.4) is 0 Å². The summed E-state index contributed by atoms with van der Waals surface area (Å²) >= 11 is 3.07. The van der Waals surface area contributed by atoms with Gasteiger partial charge in [0.1, 0.15) is 5.82 Å². The Balaban J connectivity index is 1.77. The van der Waals surface area contributed by atoms with Gasteiger partial charge in [-0.2, -0.15) is 0 Å². The van der Waals surface area contributed by atoms with Gasteiger partial charge in [0.2, 0.25) is 5.91 Å². The number of carbonyl (C=O) groups is 1. The van der Waals surface area contributed by atoms with Crippen LogP contribution in [0.15, 0.2) is 16.6 Å². The fourth-order valence-electron chi connectivity index (χ4n) is 2.99. The minimum Gasteiger partial charge on any atom is -0.322 e. The number of benzene rings is 1. The summed E-state index contributed by atoms with van der Waals surface area (Å²) in [6.45, 7) is 0. The first kappa shape index (κ1) is 13.0. The second kappa shape index (κ2) is 4.83. The largest absolute Gasteiger partial charge is 0.322 e. The third-order valence-electron chi connectivity index (χ3n) is 3.89. The van der Waals surface area contributed by atoms with Gasteiger partial charge in [-0.05, 0) is 41.3 Å². The molecule has 2 heterocycles. The maximum absolute atomic E-state index is 13.6. The van der Waals surface area contributed by atoms with Crippen LogP contribution in [0, 0.1) is 17.6 Å². The Morgan fingerprint density at radius 2 is 2.16 bits per heavy atom. The summed E-state index contributed by atoms with van der Waals surface area (Å²) in [5, 5.41) is 5.92. The minimum atomic E-state index is -0.767. The standard InChI is InChI=1S/C13H13BrF2N2O/c14-9-3-6(15)4-10(16)12(9)18-13(19)8-5-7-1-2-11(8)17-7/h3-4,7-8,11,17H,1-2,5H2,(H,18,19). The molecule has 3 atom stereocenters. The van der Waals surface area contributed by atoms with Crippen LogP contribution in [0.4, 0.5) is 14.5 Å². The van der Waals surface area contributed by atoms with E-state index in [1.807, 2.05) is 0 Å². The maximum atomic E-state index is 13.6. The Kier molecular flexibility index (Phi) is 3.30. The molecule has 2 aliphatic heterocycles. The molecule has 3 rings (SSSR count). The molecule has 1 aromatic rings. The molecule has 1 aromatic carbocycles. The first-order valence-corrected chi connectivity index (χ1v) is 7.05. The number of nitrogens with one attached hydrogen (secondary N) is 2. The van der Waals surface area contributed by atoms with Gasteiger partial charge in [0.05, 0.1) is 11.6 Å². The summed E-state index contributed by atoms with van der Waals surface area (Å²) in [6, 6.07) is 2.49. The van der Waals surface area contributed by atoms with Gasteiger partial charge in [-0.1, -0.05) is 0 Å². The predicted molar refractivity (Wildman–Crippen MR) is 70.7 cm³/mol. The molecule has 0 saturated carbocycles. The molecule has 1 amide bonds. The summed E-state index contributed by atoms with van der Waals surface area (Å²) in [7, 11) is 0. The SMILES string of the molecule is O=C(Nc1c(F)cc(F)cc1Br)C1CC2CCC1N2. The number of hydrogen-bond donors (Lipinski definition) is 2. The highest BCUT2D eigenvalue weighted by molar-refractivity contribution is 9.10. The van der Waals surface area contributed by atoms with Crippen molar-refractivity contribution in [1.82, 2.24) is 5.32 Å². The van der Waals surface area contributed by atoms with Gasteiger partial charge < -0.3 is 10.6 Å². The van der Waals surface area contributed by atoms with Crippen LogP contribution in [0.2, 0.25) is 0 Å².